The average molecular weight is 306 g/mol. The second-order valence-corrected chi connectivity index (χ2v) is 12.5. The lowest BCUT2D eigenvalue weighted by Crippen LogP contribution is -2.25. The Bertz CT molecular complexity index is 308. The van der Waals surface area contributed by atoms with Crippen molar-refractivity contribution < 1.29 is 4.57 Å². The van der Waals surface area contributed by atoms with Crippen LogP contribution in [-0.4, -0.2) is 11.3 Å². The molecule has 0 saturated heterocycles. The quantitative estimate of drug-likeness (QED) is 0.393. The Kier molecular flexibility index (Phi) is 7.78. The van der Waals surface area contributed by atoms with Crippen molar-refractivity contribution in [2.75, 3.05) is 6.16 Å². The highest BCUT2D eigenvalue weighted by Gasteiger charge is 2.40. The molecule has 0 fully saturated rings. The molecule has 0 aliphatic carbocycles. The summed E-state index contributed by atoms with van der Waals surface area (Å²) in [6.45, 7) is 15.5. The van der Waals surface area contributed by atoms with Crippen LogP contribution in [0.25, 0.3) is 0 Å². The van der Waals surface area contributed by atoms with E-state index in [1.807, 2.05) is 0 Å². The van der Waals surface area contributed by atoms with Gasteiger partial charge in [-0.2, -0.15) is 0 Å². The van der Waals surface area contributed by atoms with E-state index >= 15 is 0 Å². The van der Waals surface area contributed by atoms with Crippen LogP contribution in [0.3, 0.4) is 0 Å². The highest BCUT2D eigenvalue weighted by atomic mass is 32.7. The van der Waals surface area contributed by atoms with Gasteiger partial charge in [0.05, 0.1) is 0 Å². The maximum Gasteiger partial charge on any atom is 0.142 e. The van der Waals surface area contributed by atoms with Crippen LogP contribution in [0, 0.1) is 11.3 Å². The van der Waals surface area contributed by atoms with Crippen molar-refractivity contribution in [2.45, 2.75) is 85.7 Å². The normalized spacial score (nSPS) is 20.6. The highest BCUT2D eigenvalue weighted by molar-refractivity contribution is 8.48. The van der Waals surface area contributed by atoms with Crippen LogP contribution in [0.2, 0.25) is 0 Å². The molecule has 0 saturated carbocycles. The first-order chi connectivity index (χ1) is 8.47. The SMILES string of the molecule is CCCCC(C)(CC)P(=O)(S)CC(C)CC(C)(C)C. The van der Waals surface area contributed by atoms with E-state index in [2.05, 4.69) is 60.7 Å². The van der Waals surface area contributed by atoms with E-state index in [-0.39, 0.29) is 5.16 Å². The first-order valence-electron chi connectivity index (χ1n) is 7.79. The van der Waals surface area contributed by atoms with Gasteiger partial charge < -0.3 is 4.57 Å². The maximum atomic E-state index is 13.1. The molecule has 0 amide bonds. The van der Waals surface area contributed by atoms with Crippen LogP contribution >= 0.6 is 18.6 Å². The Morgan fingerprint density at radius 1 is 1.16 bits per heavy atom. The molecule has 0 N–H and O–H groups in total. The monoisotopic (exact) mass is 306 g/mol. The van der Waals surface area contributed by atoms with Gasteiger partial charge in [0.2, 0.25) is 0 Å². The minimum Gasteiger partial charge on any atom is -0.312 e. The molecule has 116 valence electrons. The molecule has 0 aliphatic heterocycles. The van der Waals surface area contributed by atoms with Crippen molar-refractivity contribution >= 4 is 18.6 Å². The lowest BCUT2D eigenvalue weighted by molar-refractivity contribution is 0.320. The molecule has 3 unspecified atom stereocenters. The summed E-state index contributed by atoms with van der Waals surface area (Å²) in [5, 5.41) is -0.0851. The summed E-state index contributed by atoms with van der Waals surface area (Å²) < 4.78 is 13.1. The van der Waals surface area contributed by atoms with Crippen LogP contribution in [0.15, 0.2) is 0 Å². The summed E-state index contributed by atoms with van der Waals surface area (Å²) in [4.78, 5) is 0. The molecule has 1 nitrogen and oxygen atoms in total. The van der Waals surface area contributed by atoms with Crippen LogP contribution < -0.4 is 0 Å². The lowest BCUT2D eigenvalue weighted by Gasteiger charge is -2.36. The Morgan fingerprint density at radius 2 is 1.68 bits per heavy atom. The maximum absolute atomic E-state index is 13.1. The Hall–Kier alpha value is 0.580. The van der Waals surface area contributed by atoms with Crippen molar-refractivity contribution in [2.24, 2.45) is 11.3 Å². The molecule has 0 aromatic rings. The number of hydrogen-bond donors (Lipinski definition) is 1. The van der Waals surface area contributed by atoms with Crippen molar-refractivity contribution in [3.8, 4) is 0 Å². The predicted octanol–water partition coefficient (Wildman–Crippen LogP) is 6.63. The summed E-state index contributed by atoms with van der Waals surface area (Å²) in [6.07, 6.45) is 3.84. The van der Waals surface area contributed by atoms with Gasteiger partial charge in [-0.05, 0) is 30.6 Å². The topological polar surface area (TPSA) is 17.1 Å². The number of hydrogen-bond acceptors (Lipinski definition) is 1. The Morgan fingerprint density at radius 3 is 2.05 bits per heavy atom. The van der Waals surface area contributed by atoms with Crippen LogP contribution in [0.4, 0.5) is 0 Å². The summed E-state index contributed by atoms with van der Waals surface area (Å²) in [6, 6.07) is 0. The van der Waals surface area contributed by atoms with E-state index in [0.29, 0.717) is 11.3 Å². The molecule has 0 bridgehead atoms. The fraction of sp³-hybridized carbons (Fsp3) is 1.00. The molecule has 0 spiro atoms. The third-order valence-corrected chi connectivity index (χ3v) is 9.48. The standard InChI is InChI=1S/C16H35OPS/c1-8-10-11-16(7,9-2)18(17,19)13-14(3)12-15(4,5)6/h14H,8-13H2,1-7H3,(H,17,19). The second kappa shape index (κ2) is 7.55. The first-order valence-corrected chi connectivity index (χ1v) is 10.8. The molecule has 0 aromatic heterocycles. The van der Waals surface area contributed by atoms with Crippen molar-refractivity contribution in [3.05, 3.63) is 0 Å². The van der Waals surface area contributed by atoms with Gasteiger partial charge in [0.15, 0.2) is 0 Å². The Balaban J connectivity index is 4.78. The zero-order chi connectivity index (χ0) is 15.3. The minimum atomic E-state index is -2.39. The van der Waals surface area contributed by atoms with E-state index in [0.717, 1.165) is 31.8 Å². The summed E-state index contributed by atoms with van der Waals surface area (Å²) in [7, 11) is 0. The van der Waals surface area contributed by atoms with E-state index < -0.39 is 6.34 Å². The zero-order valence-electron chi connectivity index (χ0n) is 14.1. The average Bonchev–Trinajstić information content (AvgIpc) is 2.21. The Labute approximate surface area is 126 Å². The largest absolute Gasteiger partial charge is 0.312 e. The zero-order valence-corrected chi connectivity index (χ0v) is 15.9. The van der Waals surface area contributed by atoms with E-state index in [1.54, 1.807) is 0 Å². The first kappa shape index (κ1) is 19.6. The number of unbranched alkanes of at least 4 members (excludes halogenated alkanes) is 1. The molecule has 3 atom stereocenters. The van der Waals surface area contributed by atoms with Gasteiger partial charge in [-0.15, -0.1) is 12.2 Å². The predicted molar refractivity (Wildman–Crippen MR) is 92.9 cm³/mol. The summed E-state index contributed by atoms with van der Waals surface area (Å²) in [5.74, 6) is 0.482. The lowest BCUT2D eigenvalue weighted by atomic mass is 9.86. The van der Waals surface area contributed by atoms with Gasteiger partial charge in [-0.25, -0.2) is 0 Å². The molecule has 0 heterocycles. The third-order valence-electron chi connectivity index (χ3n) is 4.19. The summed E-state index contributed by atoms with van der Waals surface area (Å²) in [5.41, 5.74) is 0.305. The minimum absolute atomic E-state index is 0.0851. The van der Waals surface area contributed by atoms with Crippen LogP contribution in [-0.2, 0) is 4.57 Å². The van der Waals surface area contributed by atoms with Gasteiger partial charge in [0.1, 0.15) is 6.34 Å². The fourth-order valence-electron chi connectivity index (χ4n) is 2.91. The third kappa shape index (κ3) is 6.71. The van der Waals surface area contributed by atoms with E-state index in [4.69, 9.17) is 0 Å². The highest BCUT2D eigenvalue weighted by Crippen LogP contribution is 2.66. The van der Waals surface area contributed by atoms with Gasteiger partial charge in [-0.1, -0.05) is 61.3 Å². The van der Waals surface area contributed by atoms with Crippen molar-refractivity contribution in [1.29, 1.82) is 0 Å². The number of thiol groups is 1. The molecule has 0 aromatic carbocycles. The smallest absolute Gasteiger partial charge is 0.142 e. The van der Waals surface area contributed by atoms with Gasteiger partial charge in [-0.3, -0.25) is 0 Å². The molecule has 3 heteroatoms. The van der Waals surface area contributed by atoms with Gasteiger partial charge in [0.25, 0.3) is 0 Å². The molecule has 19 heavy (non-hydrogen) atoms. The summed E-state index contributed by atoms with van der Waals surface area (Å²) >= 11 is 4.66. The molecule has 0 aliphatic rings. The van der Waals surface area contributed by atoms with Crippen molar-refractivity contribution in [3.63, 3.8) is 0 Å². The molecular weight excluding hydrogens is 271 g/mol. The van der Waals surface area contributed by atoms with Gasteiger partial charge >= 0.3 is 0 Å². The van der Waals surface area contributed by atoms with E-state index in [9.17, 15) is 4.57 Å². The molecule has 0 rings (SSSR count). The molecular formula is C16H35OPS. The van der Waals surface area contributed by atoms with E-state index in [1.165, 1.54) is 6.42 Å². The molecule has 0 radical (unpaired) electrons. The van der Waals surface area contributed by atoms with Crippen LogP contribution in [0.5, 0.6) is 0 Å². The number of rotatable bonds is 8. The van der Waals surface area contributed by atoms with Crippen molar-refractivity contribution in [1.82, 2.24) is 0 Å². The second-order valence-electron chi connectivity index (χ2n) is 7.71. The van der Waals surface area contributed by atoms with Crippen LogP contribution in [0.1, 0.15) is 80.6 Å². The van der Waals surface area contributed by atoms with Gasteiger partial charge in [0, 0.05) is 11.3 Å². The fourth-order valence-corrected chi connectivity index (χ4v) is 6.89.